The second kappa shape index (κ2) is 12.4. The molecule has 9 heteroatoms. The molecule has 0 unspecified atom stereocenters. The zero-order valence-electron chi connectivity index (χ0n) is 17.6. The summed E-state index contributed by atoms with van der Waals surface area (Å²) in [5, 5.41) is 3.23. The SMILES string of the molecule is CN=C(NCCc1cccc(F)c1F)N1CCN(CC(=O)N2CCCCC2)CC1.I. The van der Waals surface area contributed by atoms with Gasteiger partial charge in [0.25, 0.3) is 0 Å². The van der Waals surface area contributed by atoms with Gasteiger partial charge in [-0.25, -0.2) is 8.78 Å². The Morgan fingerprint density at radius 2 is 1.73 bits per heavy atom. The van der Waals surface area contributed by atoms with Crippen LogP contribution in [0.5, 0.6) is 0 Å². The van der Waals surface area contributed by atoms with Crippen LogP contribution in [0.4, 0.5) is 8.78 Å². The van der Waals surface area contributed by atoms with Gasteiger partial charge in [0.1, 0.15) is 0 Å². The minimum absolute atomic E-state index is 0. The number of aliphatic imine (C=N–C) groups is 1. The van der Waals surface area contributed by atoms with Crippen LogP contribution < -0.4 is 5.32 Å². The molecule has 0 atom stereocenters. The van der Waals surface area contributed by atoms with Gasteiger partial charge in [0, 0.05) is 52.9 Å². The average Bonchev–Trinajstić information content (AvgIpc) is 2.75. The predicted octanol–water partition coefficient (Wildman–Crippen LogP) is 2.33. The van der Waals surface area contributed by atoms with E-state index < -0.39 is 11.6 Å². The quantitative estimate of drug-likeness (QED) is 0.358. The van der Waals surface area contributed by atoms with Crippen molar-refractivity contribution in [2.45, 2.75) is 25.7 Å². The van der Waals surface area contributed by atoms with Crippen molar-refractivity contribution in [3.8, 4) is 0 Å². The number of likely N-dealkylation sites (tertiary alicyclic amines) is 1. The highest BCUT2D eigenvalue weighted by atomic mass is 127. The van der Waals surface area contributed by atoms with Gasteiger partial charge in [0.15, 0.2) is 17.6 Å². The maximum Gasteiger partial charge on any atom is 0.236 e. The fourth-order valence-corrected chi connectivity index (χ4v) is 3.94. The third-order valence-corrected chi connectivity index (χ3v) is 5.66. The van der Waals surface area contributed by atoms with Gasteiger partial charge < -0.3 is 15.1 Å². The normalized spacial score (nSPS) is 18.2. The van der Waals surface area contributed by atoms with E-state index >= 15 is 0 Å². The van der Waals surface area contributed by atoms with Crippen LogP contribution in [0.2, 0.25) is 0 Å². The zero-order valence-corrected chi connectivity index (χ0v) is 19.9. The van der Waals surface area contributed by atoms with E-state index in [0.717, 1.165) is 64.1 Å². The lowest BCUT2D eigenvalue weighted by Gasteiger charge is -2.37. The van der Waals surface area contributed by atoms with Crippen molar-refractivity contribution in [1.29, 1.82) is 0 Å². The van der Waals surface area contributed by atoms with Crippen molar-refractivity contribution in [2.75, 3.05) is 59.4 Å². The number of nitrogens with one attached hydrogen (secondary N) is 1. The van der Waals surface area contributed by atoms with E-state index in [-0.39, 0.29) is 29.9 Å². The molecule has 0 aliphatic carbocycles. The number of guanidine groups is 1. The Labute approximate surface area is 194 Å². The molecule has 0 saturated carbocycles. The second-order valence-electron chi connectivity index (χ2n) is 7.64. The summed E-state index contributed by atoms with van der Waals surface area (Å²) in [6.45, 7) is 5.90. The molecule has 0 radical (unpaired) electrons. The molecule has 0 bridgehead atoms. The Kier molecular flexibility index (Phi) is 10.2. The topological polar surface area (TPSA) is 51.2 Å². The molecule has 3 rings (SSSR count). The lowest BCUT2D eigenvalue weighted by Crippen LogP contribution is -2.54. The number of nitrogens with zero attached hydrogens (tertiary/aromatic N) is 4. The Morgan fingerprint density at radius 1 is 1.03 bits per heavy atom. The molecule has 2 fully saturated rings. The molecule has 6 nitrogen and oxygen atoms in total. The van der Waals surface area contributed by atoms with Crippen LogP contribution in [-0.2, 0) is 11.2 Å². The predicted molar refractivity (Wildman–Crippen MR) is 125 cm³/mol. The molecular formula is C21H32F2IN5O. The number of carbonyl (C=O) groups is 1. The molecule has 0 aromatic heterocycles. The summed E-state index contributed by atoms with van der Waals surface area (Å²) in [6, 6.07) is 4.24. The first-order valence-electron chi connectivity index (χ1n) is 10.5. The summed E-state index contributed by atoms with van der Waals surface area (Å²) >= 11 is 0. The first-order chi connectivity index (χ1) is 14.1. The lowest BCUT2D eigenvalue weighted by atomic mass is 10.1. The molecule has 2 heterocycles. The fraction of sp³-hybridized carbons (Fsp3) is 0.619. The summed E-state index contributed by atoms with van der Waals surface area (Å²) < 4.78 is 27.1. The second-order valence-corrected chi connectivity index (χ2v) is 7.64. The maximum absolute atomic E-state index is 13.8. The Balaban J connectivity index is 0.00000320. The number of hydrogen-bond donors (Lipinski definition) is 1. The van der Waals surface area contributed by atoms with Gasteiger partial charge in [-0.3, -0.25) is 14.7 Å². The van der Waals surface area contributed by atoms with Crippen molar-refractivity contribution in [2.24, 2.45) is 4.99 Å². The van der Waals surface area contributed by atoms with Crippen LogP contribution in [0.25, 0.3) is 0 Å². The molecule has 2 aliphatic rings. The molecule has 168 valence electrons. The van der Waals surface area contributed by atoms with Crippen LogP contribution in [-0.4, -0.2) is 86.0 Å². The Morgan fingerprint density at radius 3 is 2.40 bits per heavy atom. The van der Waals surface area contributed by atoms with E-state index in [4.69, 9.17) is 0 Å². The third-order valence-electron chi connectivity index (χ3n) is 5.66. The van der Waals surface area contributed by atoms with E-state index in [1.807, 2.05) is 4.90 Å². The standard InChI is InChI=1S/C21H31F2N5O.HI/c1-24-21(25-9-8-17-6-5-7-18(22)20(17)23)28-14-12-26(13-15-28)16-19(29)27-10-3-2-4-11-27;/h5-7H,2-4,8-16H2,1H3,(H,24,25);1H. The number of amides is 1. The van der Waals surface area contributed by atoms with Crippen LogP contribution in [0.1, 0.15) is 24.8 Å². The lowest BCUT2D eigenvalue weighted by molar-refractivity contribution is -0.133. The van der Waals surface area contributed by atoms with E-state index in [0.29, 0.717) is 25.1 Å². The van der Waals surface area contributed by atoms with E-state index in [2.05, 4.69) is 20.1 Å². The number of piperazine rings is 1. The molecule has 1 aromatic carbocycles. The Bertz CT molecular complexity index is 719. The average molecular weight is 535 g/mol. The summed E-state index contributed by atoms with van der Waals surface area (Å²) in [7, 11) is 1.72. The van der Waals surface area contributed by atoms with Crippen molar-refractivity contribution >= 4 is 35.8 Å². The molecular weight excluding hydrogens is 503 g/mol. The van der Waals surface area contributed by atoms with Crippen molar-refractivity contribution < 1.29 is 13.6 Å². The highest BCUT2D eigenvalue weighted by molar-refractivity contribution is 14.0. The molecule has 30 heavy (non-hydrogen) atoms. The number of piperidine rings is 1. The summed E-state index contributed by atoms with van der Waals surface area (Å²) in [5.41, 5.74) is 0.356. The summed E-state index contributed by atoms with van der Waals surface area (Å²) in [5.74, 6) is -0.611. The van der Waals surface area contributed by atoms with Gasteiger partial charge >= 0.3 is 0 Å². The highest BCUT2D eigenvalue weighted by Crippen LogP contribution is 2.12. The minimum Gasteiger partial charge on any atom is -0.356 e. The van der Waals surface area contributed by atoms with E-state index in [9.17, 15) is 13.6 Å². The molecule has 2 aliphatic heterocycles. The highest BCUT2D eigenvalue weighted by Gasteiger charge is 2.24. The Hall–Kier alpha value is -1.49. The third kappa shape index (κ3) is 6.76. The maximum atomic E-state index is 13.8. The molecule has 1 N–H and O–H groups in total. The molecule has 1 aromatic rings. The number of hydrogen-bond acceptors (Lipinski definition) is 3. The van der Waals surface area contributed by atoms with Gasteiger partial charge in [0.05, 0.1) is 6.54 Å². The van der Waals surface area contributed by atoms with Crippen molar-refractivity contribution in [1.82, 2.24) is 20.0 Å². The zero-order chi connectivity index (χ0) is 20.6. The number of halogens is 3. The van der Waals surface area contributed by atoms with Gasteiger partial charge in [-0.05, 0) is 37.3 Å². The van der Waals surface area contributed by atoms with Crippen LogP contribution >= 0.6 is 24.0 Å². The smallest absolute Gasteiger partial charge is 0.236 e. The summed E-state index contributed by atoms with van der Waals surface area (Å²) in [6.07, 6.45) is 3.83. The molecule has 2 saturated heterocycles. The largest absolute Gasteiger partial charge is 0.356 e. The van der Waals surface area contributed by atoms with Crippen molar-refractivity contribution in [3.05, 3.63) is 35.4 Å². The first kappa shape index (κ1) is 24.8. The minimum atomic E-state index is -0.817. The molecule has 0 spiro atoms. The van der Waals surface area contributed by atoms with E-state index in [1.54, 1.807) is 13.1 Å². The monoisotopic (exact) mass is 535 g/mol. The van der Waals surface area contributed by atoms with Crippen LogP contribution in [0.3, 0.4) is 0 Å². The van der Waals surface area contributed by atoms with Gasteiger partial charge in [-0.15, -0.1) is 24.0 Å². The summed E-state index contributed by atoms with van der Waals surface area (Å²) in [4.78, 5) is 23.1. The number of carbonyl (C=O) groups excluding carboxylic acids is 1. The fourth-order valence-electron chi connectivity index (χ4n) is 3.94. The van der Waals surface area contributed by atoms with Gasteiger partial charge in [-0.2, -0.15) is 0 Å². The van der Waals surface area contributed by atoms with Gasteiger partial charge in [-0.1, -0.05) is 12.1 Å². The number of benzene rings is 1. The first-order valence-corrected chi connectivity index (χ1v) is 10.5. The van der Waals surface area contributed by atoms with Crippen molar-refractivity contribution in [3.63, 3.8) is 0 Å². The number of rotatable bonds is 5. The van der Waals surface area contributed by atoms with Crippen LogP contribution in [0, 0.1) is 11.6 Å². The van der Waals surface area contributed by atoms with Gasteiger partial charge in [0.2, 0.25) is 5.91 Å². The van der Waals surface area contributed by atoms with Crippen LogP contribution in [0.15, 0.2) is 23.2 Å². The van der Waals surface area contributed by atoms with E-state index in [1.165, 1.54) is 12.5 Å². The molecule has 1 amide bonds.